The second-order valence-corrected chi connectivity index (χ2v) is 6.82. The van der Waals surface area contributed by atoms with E-state index >= 15 is 0 Å². The predicted octanol–water partition coefficient (Wildman–Crippen LogP) is 1.29. The molecule has 0 radical (unpaired) electrons. The third-order valence-electron chi connectivity index (χ3n) is 4.54. The summed E-state index contributed by atoms with van der Waals surface area (Å²) < 4.78 is 41.8. The minimum absolute atomic E-state index is 0.159. The first-order valence-corrected chi connectivity index (χ1v) is 8.75. The highest BCUT2D eigenvalue weighted by Gasteiger charge is 2.30. The fourth-order valence-corrected chi connectivity index (χ4v) is 2.96. The number of aliphatic hydroxyl groups is 1. The average Bonchev–Trinajstić information content (AvgIpc) is 2.98. The molecule has 29 heavy (non-hydrogen) atoms. The number of nitrogens with zero attached hydrogens (tertiary/aromatic N) is 4. The van der Waals surface area contributed by atoms with E-state index in [1.54, 1.807) is 14.0 Å². The van der Waals surface area contributed by atoms with E-state index in [-0.39, 0.29) is 24.3 Å². The third-order valence-corrected chi connectivity index (χ3v) is 4.54. The van der Waals surface area contributed by atoms with E-state index in [1.165, 1.54) is 28.3 Å². The second kappa shape index (κ2) is 7.39. The molecule has 0 saturated heterocycles. The molecule has 0 unspecified atom stereocenters. The first kappa shape index (κ1) is 20.6. The highest BCUT2D eigenvalue weighted by Crippen LogP contribution is 2.29. The monoisotopic (exact) mass is 411 g/mol. The van der Waals surface area contributed by atoms with Crippen LogP contribution in [0.2, 0.25) is 0 Å². The molecule has 0 fully saturated rings. The molecule has 2 heterocycles. The number of benzene rings is 1. The molecule has 0 saturated carbocycles. The molecule has 0 aliphatic heterocycles. The summed E-state index contributed by atoms with van der Waals surface area (Å²) in [5, 5.41) is 12.3. The van der Waals surface area contributed by atoms with E-state index in [0.29, 0.717) is 11.5 Å². The molecular formula is C18H20F3N5O3. The smallest absolute Gasteiger partial charge is 0.392 e. The number of rotatable bonds is 5. The number of nitrogens with one attached hydrogen (secondary N) is 1. The van der Waals surface area contributed by atoms with Crippen LogP contribution in [0.4, 0.5) is 19.1 Å². The van der Waals surface area contributed by atoms with Crippen molar-refractivity contribution >= 4 is 17.1 Å². The Morgan fingerprint density at radius 1 is 1.14 bits per heavy atom. The molecular weight excluding hydrogens is 391 g/mol. The Morgan fingerprint density at radius 3 is 2.31 bits per heavy atom. The van der Waals surface area contributed by atoms with Crippen molar-refractivity contribution < 1.29 is 18.3 Å². The summed E-state index contributed by atoms with van der Waals surface area (Å²) in [4.78, 5) is 29.9. The van der Waals surface area contributed by atoms with Crippen molar-refractivity contribution in [3.05, 3.63) is 56.2 Å². The van der Waals surface area contributed by atoms with Gasteiger partial charge in [0.05, 0.1) is 18.2 Å². The molecule has 3 rings (SSSR count). The summed E-state index contributed by atoms with van der Waals surface area (Å²) in [7, 11) is 3.05. The Labute approximate surface area is 162 Å². The predicted molar refractivity (Wildman–Crippen MR) is 101 cm³/mol. The van der Waals surface area contributed by atoms with Crippen molar-refractivity contribution in [2.75, 3.05) is 11.9 Å². The molecule has 8 nitrogen and oxygen atoms in total. The van der Waals surface area contributed by atoms with E-state index < -0.39 is 29.1 Å². The number of imidazole rings is 1. The Balaban J connectivity index is 2.06. The standard InChI is InChI=1S/C18H20F3N5O3/c1-10(27)8-22-16-23-14-13(24(16)2)15(28)26(17(29)25(14)3)9-11-4-6-12(7-5-11)18(19,20)21/h4-7,10,27H,8-9H2,1-3H3,(H,22,23)/t10-/m1/s1. The normalized spacial score (nSPS) is 13.1. The van der Waals surface area contributed by atoms with Crippen LogP contribution in [-0.4, -0.2) is 36.4 Å². The molecule has 0 aliphatic rings. The van der Waals surface area contributed by atoms with Gasteiger partial charge in [-0.1, -0.05) is 12.1 Å². The van der Waals surface area contributed by atoms with Gasteiger partial charge in [-0.3, -0.25) is 13.9 Å². The maximum atomic E-state index is 12.9. The lowest BCUT2D eigenvalue weighted by Crippen LogP contribution is -2.39. The maximum Gasteiger partial charge on any atom is 0.416 e. The zero-order valence-corrected chi connectivity index (χ0v) is 16.0. The molecule has 0 aliphatic carbocycles. The maximum absolute atomic E-state index is 12.9. The molecule has 0 bridgehead atoms. The van der Waals surface area contributed by atoms with Gasteiger partial charge in [0.15, 0.2) is 11.2 Å². The largest absolute Gasteiger partial charge is 0.416 e. The summed E-state index contributed by atoms with van der Waals surface area (Å²) in [5.74, 6) is 0.306. The molecule has 0 spiro atoms. The van der Waals surface area contributed by atoms with Crippen molar-refractivity contribution in [1.29, 1.82) is 0 Å². The van der Waals surface area contributed by atoms with Crippen LogP contribution in [-0.2, 0) is 26.8 Å². The van der Waals surface area contributed by atoms with Crippen molar-refractivity contribution in [2.24, 2.45) is 14.1 Å². The van der Waals surface area contributed by atoms with Crippen LogP contribution >= 0.6 is 0 Å². The molecule has 11 heteroatoms. The Kier molecular flexibility index (Phi) is 5.26. The Morgan fingerprint density at radius 2 is 1.76 bits per heavy atom. The number of hydrogen-bond donors (Lipinski definition) is 2. The van der Waals surface area contributed by atoms with Crippen LogP contribution in [0.15, 0.2) is 33.9 Å². The number of hydrogen-bond acceptors (Lipinski definition) is 5. The van der Waals surface area contributed by atoms with Gasteiger partial charge in [0.25, 0.3) is 5.56 Å². The van der Waals surface area contributed by atoms with Gasteiger partial charge in [-0.05, 0) is 24.6 Å². The number of aromatic nitrogens is 4. The van der Waals surface area contributed by atoms with Crippen molar-refractivity contribution in [2.45, 2.75) is 25.7 Å². The summed E-state index contributed by atoms with van der Waals surface area (Å²) in [5.41, 5.74) is -1.35. The quantitative estimate of drug-likeness (QED) is 0.660. The van der Waals surface area contributed by atoms with Gasteiger partial charge in [0.2, 0.25) is 5.95 Å². The highest BCUT2D eigenvalue weighted by molar-refractivity contribution is 5.74. The van der Waals surface area contributed by atoms with Crippen LogP contribution in [0, 0.1) is 0 Å². The van der Waals surface area contributed by atoms with Crippen LogP contribution in [0.1, 0.15) is 18.1 Å². The van der Waals surface area contributed by atoms with E-state index in [0.717, 1.165) is 16.7 Å². The lowest BCUT2D eigenvalue weighted by molar-refractivity contribution is -0.137. The number of fused-ring (bicyclic) bond motifs is 1. The highest BCUT2D eigenvalue weighted by atomic mass is 19.4. The van der Waals surface area contributed by atoms with Crippen LogP contribution in [0.5, 0.6) is 0 Å². The third kappa shape index (κ3) is 3.90. The molecule has 156 valence electrons. The average molecular weight is 411 g/mol. The van der Waals surface area contributed by atoms with E-state index in [9.17, 15) is 27.9 Å². The topological polar surface area (TPSA) is 94.1 Å². The Bertz CT molecular complexity index is 1160. The van der Waals surface area contributed by atoms with Gasteiger partial charge in [-0.25, -0.2) is 4.79 Å². The van der Waals surface area contributed by atoms with Gasteiger partial charge in [0.1, 0.15) is 0 Å². The molecule has 2 aromatic heterocycles. The molecule has 1 aromatic carbocycles. The number of alkyl halides is 3. The fraction of sp³-hybridized carbons (Fsp3) is 0.389. The van der Waals surface area contributed by atoms with Crippen molar-refractivity contribution in [3.8, 4) is 0 Å². The summed E-state index contributed by atoms with van der Waals surface area (Å²) in [6, 6.07) is 4.28. The lowest BCUT2D eigenvalue weighted by Gasteiger charge is -2.10. The molecule has 2 N–H and O–H groups in total. The molecule has 3 aromatic rings. The minimum Gasteiger partial charge on any atom is -0.392 e. The number of aliphatic hydroxyl groups excluding tert-OH is 1. The number of aryl methyl sites for hydroxylation is 2. The van der Waals surface area contributed by atoms with E-state index in [1.807, 2.05) is 0 Å². The zero-order chi connectivity index (χ0) is 21.5. The summed E-state index contributed by atoms with van der Waals surface area (Å²) in [6.45, 7) is 1.61. The second-order valence-electron chi connectivity index (χ2n) is 6.82. The minimum atomic E-state index is -4.46. The van der Waals surface area contributed by atoms with E-state index in [4.69, 9.17) is 0 Å². The van der Waals surface area contributed by atoms with Crippen LogP contribution < -0.4 is 16.6 Å². The Hall–Kier alpha value is -3.08. The summed E-state index contributed by atoms with van der Waals surface area (Å²) >= 11 is 0. The fourth-order valence-electron chi connectivity index (χ4n) is 2.96. The SMILES string of the molecule is C[C@@H](O)CNc1nc2c(c(=O)n(Cc3ccc(C(F)(F)F)cc3)c(=O)n2C)n1C. The van der Waals surface area contributed by atoms with Gasteiger partial charge in [-0.15, -0.1) is 0 Å². The molecule has 1 atom stereocenters. The zero-order valence-electron chi connectivity index (χ0n) is 16.0. The van der Waals surface area contributed by atoms with Gasteiger partial charge in [0, 0.05) is 20.6 Å². The first-order chi connectivity index (χ1) is 13.5. The molecule has 0 amide bonds. The van der Waals surface area contributed by atoms with Gasteiger partial charge in [-0.2, -0.15) is 18.2 Å². The van der Waals surface area contributed by atoms with Crippen LogP contribution in [0.25, 0.3) is 11.2 Å². The van der Waals surface area contributed by atoms with Crippen molar-refractivity contribution in [3.63, 3.8) is 0 Å². The van der Waals surface area contributed by atoms with Gasteiger partial charge < -0.3 is 15.0 Å². The van der Waals surface area contributed by atoms with Crippen molar-refractivity contribution in [1.82, 2.24) is 18.7 Å². The van der Waals surface area contributed by atoms with Crippen LogP contribution in [0.3, 0.4) is 0 Å². The first-order valence-electron chi connectivity index (χ1n) is 8.75. The summed E-state index contributed by atoms with van der Waals surface area (Å²) in [6.07, 6.45) is -5.11. The van der Waals surface area contributed by atoms with Gasteiger partial charge >= 0.3 is 11.9 Å². The lowest BCUT2D eigenvalue weighted by atomic mass is 10.1. The number of halogens is 3. The van der Waals surface area contributed by atoms with E-state index in [2.05, 4.69) is 10.3 Å². The number of anilines is 1.